The molecule has 1 radical (unpaired) electrons. The molecular weight excluding hydrogens is 146 g/mol. The van der Waals surface area contributed by atoms with Crippen molar-refractivity contribution in [3.63, 3.8) is 0 Å². The van der Waals surface area contributed by atoms with Gasteiger partial charge in [-0.25, -0.2) is 4.39 Å². The van der Waals surface area contributed by atoms with Crippen molar-refractivity contribution in [2.45, 2.75) is 4.59 Å². The molecule has 0 aromatic carbocycles. The van der Waals surface area contributed by atoms with Crippen LogP contribution in [0.4, 0.5) is 4.39 Å². The van der Waals surface area contributed by atoms with Crippen LogP contribution >= 0.6 is 35.8 Å². The van der Waals surface area contributed by atoms with Crippen molar-refractivity contribution in [3.05, 3.63) is 0 Å². The van der Waals surface area contributed by atoms with Crippen LogP contribution in [0.15, 0.2) is 0 Å². The Bertz CT molecular complexity index is 41.3. The van der Waals surface area contributed by atoms with Gasteiger partial charge in [-0.15, -0.1) is 0 Å². The van der Waals surface area contributed by atoms with Crippen molar-refractivity contribution in [2.24, 2.45) is 0 Å². The Kier molecular flexibility index (Phi) is 2.56. The third kappa shape index (κ3) is 4.86. The molecule has 0 amide bonds. The Morgan fingerprint density at radius 1 is 1.67 bits per heavy atom. The largest absolute Gasteiger partial charge is 0.267 e. The van der Waals surface area contributed by atoms with Gasteiger partial charge in [-0.05, 0) is 0 Å². The van der Waals surface area contributed by atoms with E-state index in [2.05, 4.69) is 12.6 Å². The Morgan fingerprint density at radius 2 is 1.83 bits per heavy atom. The van der Waals surface area contributed by atoms with Crippen molar-refractivity contribution in [3.8, 4) is 0 Å². The van der Waals surface area contributed by atoms with E-state index < -0.39 is 4.59 Å². The summed E-state index contributed by atoms with van der Waals surface area (Å²) in [6, 6.07) is 0. The van der Waals surface area contributed by atoms with Crippen LogP contribution in [0.2, 0.25) is 0 Å². The lowest BCUT2D eigenvalue weighted by Gasteiger charge is -1.99. The molecule has 37 valence electrons. The van der Waals surface area contributed by atoms with E-state index in [0.717, 1.165) is 0 Å². The minimum absolute atomic E-state index is 0.282. The van der Waals surface area contributed by atoms with Crippen LogP contribution in [-0.4, -0.2) is 10.3 Å². The van der Waals surface area contributed by atoms with Gasteiger partial charge in [0.15, 0.2) is 0 Å². The molecule has 0 bridgehead atoms. The predicted octanol–water partition coefficient (Wildman–Crippen LogP) is 2.28. The number of alkyl halides is 3. The Balaban J connectivity index is 3.17. The molecule has 0 nitrogen and oxygen atoms in total. The Hall–Kier alpha value is 0.860. The van der Waals surface area contributed by atoms with Gasteiger partial charge in [-0.3, -0.25) is 0 Å². The van der Waals surface area contributed by atoms with Crippen LogP contribution in [0.5, 0.6) is 0 Å². The molecule has 0 aliphatic carbocycles. The second-order valence-corrected chi connectivity index (χ2v) is 2.44. The van der Waals surface area contributed by atoms with Crippen molar-refractivity contribution in [1.29, 1.82) is 0 Å². The van der Waals surface area contributed by atoms with Gasteiger partial charge in [0.1, 0.15) is 0 Å². The van der Waals surface area contributed by atoms with E-state index in [-0.39, 0.29) is 5.75 Å². The number of halogens is 3. The molecule has 0 saturated heterocycles. The fraction of sp³-hybridized carbons (Fsp3) is 1.00. The zero-order valence-corrected chi connectivity index (χ0v) is 5.08. The first-order valence-corrected chi connectivity index (χ1v) is 2.54. The van der Waals surface area contributed by atoms with Crippen molar-refractivity contribution < 1.29 is 4.39 Å². The molecular formula is C2H2Cl2FS. The topological polar surface area (TPSA) is 0 Å². The monoisotopic (exact) mass is 147 g/mol. The summed E-state index contributed by atoms with van der Waals surface area (Å²) in [4.78, 5) is 0. The quantitative estimate of drug-likeness (QED) is 0.500. The Morgan fingerprint density at radius 3 is 1.83 bits per heavy atom. The molecule has 0 aromatic rings. The van der Waals surface area contributed by atoms with Gasteiger partial charge in [0.05, 0.1) is 5.75 Å². The summed E-state index contributed by atoms with van der Waals surface area (Å²) in [5, 5.41) is 0. The molecule has 0 fully saturated rings. The third-order valence-corrected chi connectivity index (χ3v) is 1.15. The van der Waals surface area contributed by atoms with E-state index >= 15 is 0 Å². The summed E-state index contributed by atoms with van der Waals surface area (Å²) in [6.45, 7) is 0. The molecule has 0 rings (SSSR count). The van der Waals surface area contributed by atoms with Crippen molar-refractivity contribution in [2.75, 3.05) is 5.75 Å². The van der Waals surface area contributed by atoms with Crippen LogP contribution in [0.3, 0.4) is 0 Å². The van der Waals surface area contributed by atoms with E-state index in [1.54, 1.807) is 0 Å². The second kappa shape index (κ2) is 2.24. The lowest BCUT2D eigenvalue weighted by molar-refractivity contribution is 0.431. The minimum atomic E-state index is -2.20. The lowest BCUT2D eigenvalue weighted by atomic mass is 10.9. The first-order valence-electron chi connectivity index (χ1n) is 1.21. The first kappa shape index (κ1) is 6.86. The molecule has 0 aromatic heterocycles. The van der Waals surface area contributed by atoms with E-state index in [0.29, 0.717) is 0 Å². The fourth-order valence-corrected chi connectivity index (χ4v) is 0. The average Bonchev–Trinajstić information content (AvgIpc) is 1.35. The molecule has 0 saturated carbocycles. The third-order valence-electron chi connectivity index (χ3n) is 0.164. The maximum Gasteiger partial charge on any atom is 0.267 e. The average molecular weight is 148 g/mol. The van der Waals surface area contributed by atoms with Crippen LogP contribution in [0.25, 0.3) is 0 Å². The van der Waals surface area contributed by atoms with Gasteiger partial charge in [-0.1, -0.05) is 35.8 Å². The highest BCUT2D eigenvalue weighted by Crippen LogP contribution is 2.22. The van der Waals surface area contributed by atoms with Crippen LogP contribution < -0.4 is 0 Å². The molecule has 6 heavy (non-hydrogen) atoms. The summed E-state index contributed by atoms with van der Waals surface area (Å²) in [5.41, 5.74) is 0. The second-order valence-electron chi connectivity index (χ2n) is 0.760. The molecule has 4 heteroatoms. The van der Waals surface area contributed by atoms with Gasteiger partial charge in [0.25, 0.3) is 4.59 Å². The highest BCUT2D eigenvalue weighted by molar-refractivity contribution is 7.80. The van der Waals surface area contributed by atoms with Gasteiger partial charge in [0, 0.05) is 0 Å². The Labute approximate surface area is 51.0 Å². The standard InChI is InChI=1S/C2H2Cl2FS/c3-2(4,5)1-6/h1H2. The lowest BCUT2D eigenvalue weighted by Crippen LogP contribution is -2.03. The van der Waals surface area contributed by atoms with E-state index in [9.17, 15) is 4.39 Å². The number of hydrogen-bond donors (Lipinski definition) is 0. The molecule has 0 aliphatic heterocycles. The van der Waals surface area contributed by atoms with Crippen LogP contribution in [-0.2, 0) is 0 Å². The first-order chi connectivity index (χ1) is 2.56. The van der Waals surface area contributed by atoms with Crippen LogP contribution in [0, 0.1) is 0 Å². The van der Waals surface area contributed by atoms with Crippen molar-refractivity contribution >= 4 is 35.8 Å². The van der Waals surface area contributed by atoms with E-state index in [1.165, 1.54) is 0 Å². The number of hydrogen-bond acceptors (Lipinski definition) is 0. The summed E-state index contributed by atoms with van der Waals surface area (Å²) in [7, 11) is 0. The van der Waals surface area contributed by atoms with Gasteiger partial charge in [-0.2, -0.15) is 0 Å². The molecule has 0 spiro atoms. The molecule has 0 unspecified atom stereocenters. The normalized spacial score (nSPS) is 12.0. The predicted molar refractivity (Wildman–Crippen MR) is 28.0 cm³/mol. The van der Waals surface area contributed by atoms with Crippen LogP contribution in [0.1, 0.15) is 0 Å². The summed E-state index contributed by atoms with van der Waals surface area (Å²) in [5.74, 6) is -0.282. The highest BCUT2D eigenvalue weighted by atomic mass is 35.5. The fourth-order valence-electron chi connectivity index (χ4n) is 0. The molecule has 0 aliphatic rings. The zero-order valence-electron chi connectivity index (χ0n) is 2.75. The maximum absolute atomic E-state index is 11.5. The summed E-state index contributed by atoms with van der Waals surface area (Å²) < 4.78 is 9.35. The highest BCUT2D eigenvalue weighted by Gasteiger charge is 2.18. The SMILES string of the molecule is FC(Cl)(Cl)C[S]. The van der Waals surface area contributed by atoms with Crippen molar-refractivity contribution in [1.82, 2.24) is 0 Å². The van der Waals surface area contributed by atoms with E-state index in [1.807, 2.05) is 0 Å². The maximum atomic E-state index is 11.5. The summed E-state index contributed by atoms with van der Waals surface area (Å²) in [6.07, 6.45) is 0. The number of rotatable bonds is 1. The smallest absolute Gasteiger partial charge is 0.207 e. The van der Waals surface area contributed by atoms with Gasteiger partial charge < -0.3 is 0 Å². The van der Waals surface area contributed by atoms with Gasteiger partial charge >= 0.3 is 0 Å². The zero-order chi connectivity index (χ0) is 5.21. The molecule has 0 heterocycles. The minimum Gasteiger partial charge on any atom is -0.207 e. The molecule has 0 N–H and O–H groups in total. The van der Waals surface area contributed by atoms with E-state index in [4.69, 9.17) is 23.2 Å². The summed E-state index contributed by atoms with van der Waals surface area (Å²) >= 11 is 13.6. The molecule has 0 atom stereocenters. The van der Waals surface area contributed by atoms with Gasteiger partial charge in [0.2, 0.25) is 0 Å².